The Balaban J connectivity index is 2.33. The number of carbonyl (C=O) groups is 1. The van der Waals surface area contributed by atoms with Crippen molar-refractivity contribution in [3.05, 3.63) is 33.5 Å². The van der Waals surface area contributed by atoms with Crippen molar-refractivity contribution in [1.29, 1.82) is 0 Å². The zero-order chi connectivity index (χ0) is 10.8. The zero-order valence-electron chi connectivity index (χ0n) is 8.18. The van der Waals surface area contributed by atoms with Gasteiger partial charge >= 0.3 is 0 Å². The maximum atomic E-state index is 14.0. The molecule has 0 atom stereocenters. The molecule has 1 aromatic rings. The minimum Gasteiger partial charge on any atom is -0.332 e. The van der Waals surface area contributed by atoms with Gasteiger partial charge in [-0.05, 0) is 40.9 Å². The fourth-order valence-electron chi connectivity index (χ4n) is 2.43. The van der Waals surface area contributed by atoms with Crippen LogP contribution < -0.4 is 0 Å². The van der Waals surface area contributed by atoms with Gasteiger partial charge in [0.15, 0.2) is 0 Å². The maximum Gasteiger partial charge on any atom is 0.254 e. The van der Waals surface area contributed by atoms with E-state index >= 15 is 0 Å². The van der Waals surface area contributed by atoms with E-state index in [-0.39, 0.29) is 17.3 Å². The van der Waals surface area contributed by atoms with E-state index in [9.17, 15) is 9.18 Å². The summed E-state index contributed by atoms with van der Waals surface area (Å²) >= 11 is 3.16. The van der Waals surface area contributed by atoms with Crippen LogP contribution in [0.25, 0.3) is 0 Å². The highest BCUT2D eigenvalue weighted by molar-refractivity contribution is 9.10. The van der Waals surface area contributed by atoms with Crippen molar-refractivity contribution in [1.82, 2.24) is 4.90 Å². The second kappa shape index (κ2) is 2.61. The third-order valence-electron chi connectivity index (χ3n) is 3.46. The monoisotopic (exact) mass is 269 g/mol. The lowest BCUT2D eigenvalue weighted by atomic mass is 10.0. The summed E-state index contributed by atoms with van der Waals surface area (Å²) in [4.78, 5) is 13.5. The van der Waals surface area contributed by atoms with Gasteiger partial charge in [0.05, 0.1) is 10.0 Å². The normalized spacial score (nSPS) is 21.0. The molecule has 4 heteroatoms. The predicted octanol–water partition coefficient (Wildman–Crippen LogP) is 2.66. The lowest BCUT2D eigenvalue weighted by Gasteiger charge is -2.19. The fraction of sp³-hybridized carbons (Fsp3) is 0.364. The Bertz CT molecular complexity index is 482. The van der Waals surface area contributed by atoms with Crippen LogP contribution in [0.15, 0.2) is 16.6 Å². The smallest absolute Gasteiger partial charge is 0.254 e. The molecular formula is C11H9BrFNO. The molecule has 0 bridgehead atoms. The summed E-state index contributed by atoms with van der Waals surface area (Å²) in [5, 5.41) is 0. The molecule has 1 aliphatic heterocycles. The molecule has 1 saturated carbocycles. The first kappa shape index (κ1) is 9.33. The summed E-state index contributed by atoms with van der Waals surface area (Å²) in [5.41, 5.74) is 0.778. The molecule has 0 aromatic heterocycles. The zero-order valence-corrected chi connectivity index (χ0v) is 9.77. The van der Waals surface area contributed by atoms with E-state index in [1.165, 1.54) is 0 Å². The first-order valence-corrected chi connectivity index (χ1v) is 5.64. The van der Waals surface area contributed by atoms with E-state index in [4.69, 9.17) is 0 Å². The molecule has 15 heavy (non-hydrogen) atoms. The molecule has 1 fully saturated rings. The Morgan fingerprint density at radius 2 is 2.13 bits per heavy atom. The molecule has 2 aliphatic rings. The Kier molecular flexibility index (Phi) is 1.63. The molecule has 2 nitrogen and oxygen atoms in total. The SMILES string of the molecule is CN1C(=O)c2ccc(Br)c(F)c2C12CC2. The number of nitrogens with zero attached hydrogens (tertiary/aromatic N) is 1. The van der Waals surface area contributed by atoms with Crippen LogP contribution in [0.5, 0.6) is 0 Å². The van der Waals surface area contributed by atoms with Crippen molar-refractivity contribution >= 4 is 21.8 Å². The van der Waals surface area contributed by atoms with Gasteiger partial charge in [-0.25, -0.2) is 4.39 Å². The minimum atomic E-state index is -0.333. The van der Waals surface area contributed by atoms with Gasteiger partial charge in [0, 0.05) is 18.2 Å². The van der Waals surface area contributed by atoms with E-state index in [0.717, 1.165) is 12.8 Å². The number of halogens is 2. The van der Waals surface area contributed by atoms with Crippen molar-refractivity contribution in [2.45, 2.75) is 18.4 Å². The first-order chi connectivity index (χ1) is 7.08. The van der Waals surface area contributed by atoms with Crippen LogP contribution in [0.2, 0.25) is 0 Å². The van der Waals surface area contributed by atoms with E-state index in [0.29, 0.717) is 15.6 Å². The largest absolute Gasteiger partial charge is 0.332 e. The summed E-state index contributed by atoms with van der Waals surface area (Å²) < 4.78 is 14.4. The van der Waals surface area contributed by atoms with Crippen molar-refractivity contribution in [2.24, 2.45) is 0 Å². The molecule has 0 N–H and O–H groups in total. The van der Waals surface area contributed by atoms with Crippen LogP contribution in [0.1, 0.15) is 28.8 Å². The van der Waals surface area contributed by atoms with Gasteiger partial charge < -0.3 is 4.90 Å². The first-order valence-electron chi connectivity index (χ1n) is 4.84. The molecule has 3 rings (SSSR count). The third-order valence-corrected chi connectivity index (χ3v) is 4.07. The summed E-state index contributed by atoms with van der Waals surface area (Å²) in [6, 6.07) is 3.30. The van der Waals surface area contributed by atoms with E-state index in [1.807, 2.05) is 0 Å². The van der Waals surface area contributed by atoms with Crippen molar-refractivity contribution < 1.29 is 9.18 Å². The van der Waals surface area contributed by atoms with E-state index in [1.54, 1.807) is 24.1 Å². The quantitative estimate of drug-likeness (QED) is 0.709. The van der Waals surface area contributed by atoms with Crippen LogP contribution in [0, 0.1) is 5.82 Å². The predicted molar refractivity (Wildman–Crippen MR) is 57.1 cm³/mol. The van der Waals surface area contributed by atoms with Crippen LogP contribution >= 0.6 is 15.9 Å². The standard InChI is InChI=1S/C11H9BrFNO/c1-14-10(15)6-2-3-7(12)9(13)8(6)11(14)4-5-11/h2-3H,4-5H2,1H3. The Labute approximate surface area is 95.2 Å². The Hall–Kier alpha value is -0.900. The van der Waals surface area contributed by atoms with Crippen LogP contribution in [-0.2, 0) is 5.54 Å². The number of carbonyl (C=O) groups excluding carboxylic acids is 1. The van der Waals surface area contributed by atoms with Gasteiger partial charge in [0.25, 0.3) is 5.91 Å². The molecule has 1 amide bonds. The second-order valence-corrected chi connectivity index (χ2v) is 5.03. The average Bonchev–Trinajstić information content (AvgIpc) is 2.97. The minimum absolute atomic E-state index is 0.0612. The molecule has 0 radical (unpaired) electrons. The maximum absolute atomic E-state index is 14.0. The van der Waals surface area contributed by atoms with Gasteiger partial charge in [0.2, 0.25) is 0 Å². The van der Waals surface area contributed by atoms with Crippen LogP contribution in [0.3, 0.4) is 0 Å². The lowest BCUT2D eigenvalue weighted by molar-refractivity contribution is 0.0754. The fourth-order valence-corrected chi connectivity index (χ4v) is 2.76. The Morgan fingerprint density at radius 3 is 2.73 bits per heavy atom. The number of fused-ring (bicyclic) bond motifs is 2. The van der Waals surface area contributed by atoms with Gasteiger partial charge in [-0.3, -0.25) is 4.79 Å². The summed E-state index contributed by atoms with van der Waals surface area (Å²) in [6.07, 6.45) is 1.74. The molecule has 1 heterocycles. The summed E-state index contributed by atoms with van der Waals surface area (Å²) in [7, 11) is 1.75. The molecule has 1 aliphatic carbocycles. The van der Waals surface area contributed by atoms with Crippen molar-refractivity contribution in [3.8, 4) is 0 Å². The highest BCUT2D eigenvalue weighted by atomic mass is 79.9. The second-order valence-electron chi connectivity index (χ2n) is 4.18. The van der Waals surface area contributed by atoms with Gasteiger partial charge in [-0.1, -0.05) is 0 Å². The summed E-state index contributed by atoms with van der Waals surface area (Å²) in [6.45, 7) is 0. The molecule has 1 spiro atoms. The topological polar surface area (TPSA) is 20.3 Å². The molecule has 0 unspecified atom stereocenters. The van der Waals surface area contributed by atoms with E-state index < -0.39 is 0 Å². The highest BCUT2D eigenvalue weighted by Crippen LogP contribution is 2.57. The summed E-state index contributed by atoms with van der Waals surface area (Å²) in [5.74, 6) is -0.336. The number of amides is 1. The number of benzene rings is 1. The molecule has 0 saturated heterocycles. The van der Waals surface area contributed by atoms with Gasteiger partial charge in [-0.2, -0.15) is 0 Å². The molecular weight excluding hydrogens is 261 g/mol. The van der Waals surface area contributed by atoms with Crippen LogP contribution in [0.4, 0.5) is 4.39 Å². The highest BCUT2D eigenvalue weighted by Gasteiger charge is 2.58. The van der Waals surface area contributed by atoms with Crippen molar-refractivity contribution in [2.75, 3.05) is 7.05 Å². The molecule has 78 valence electrons. The van der Waals surface area contributed by atoms with Crippen molar-refractivity contribution in [3.63, 3.8) is 0 Å². The number of hydrogen-bond donors (Lipinski definition) is 0. The number of hydrogen-bond acceptors (Lipinski definition) is 1. The van der Waals surface area contributed by atoms with Gasteiger partial charge in [0.1, 0.15) is 5.82 Å². The van der Waals surface area contributed by atoms with E-state index in [2.05, 4.69) is 15.9 Å². The number of rotatable bonds is 0. The molecule has 1 aromatic carbocycles. The Morgan fingerprint density at radius 1 is 1.47 bits per heavy atom. The average molecular weight is 270 g/mol. The third kappa shape index (κ3) is 0.956. The van der Waals surface area contributed by atoms with Gasteiger partial charge in [-0.15, -0.1) is 0 Å². The lowest BCUT2D eigenvalue weighted by Crippen LogP contribution is -2.29. The van der Waals surface area contributed by atoms with Crippen LogP contribution in [-0.4, -0.2) is 17.9 Å².